The van der Waals surface area contributed by atoms with E-state index in [0.29, 0.717) is 5.56 Å². The number of nitrogens with one attached hydrogen (secondary N) is 2. The fourth-order valence-corrected chi connectivity index (χ4v) is 3.70. The molecule has 132 valence electrons. The summed E-state index contributed by atoms with van der Waals surface area (Å²) in [7, 11) is 0. The van der Waals surface area contributed by atoms with Crippen molar-refractivity contribution in [1.82, 2.24) is 15.5 Å². The number of H-pyrrole nitrogens is 1. The fourth-order valence-electron chi connectivity index (χ4n) is 3.70. The van der Waals surface area contributed by atoms with Crippen molar-refractivity contribution < 1.29 is 4.79 Å². The third-order valence-corrected chi connectivity index (χ3v) is 5.04. The molecule has 0 radical (unpaired) electrons. The van der Waals surface area contributed by atoms with E-state index in [1.807, 2.05) is 31.2 Å². The molecule has 3 aromatic rings. The minimum absolute atomic E-state index is 0.0165. The first-order chi connectivity index (χ1) is 12.7. The van der Waals surface area contributed by atoms with E-state index in [4.69, 9.17) is 0 Å². The number of aromatic amines is 1. The highest BCUT2D eigenvalue weighted by Gasteiger charge is 2.24. The first-order valence-corrected chi connectivity index (χ1v) is 9.24. The van der Waals surface area contributed by atoms with Crippen molar-refractivity contribution in [3.05, 3.63) is 65.2 Å². The molecule has 1 amide bonds. The van der Waals surface area contributed by atoms with Crippen LogP contribution in [0.5, 0.6) is 0 Å². The molecule has 0 spiro atoms. The van der Waals surface area contributed by atoms with Crippen molar-refractivity contribution in [1.29, 1.82) is 0 Å². The molecule has 1 aliphatic rings. The van der Waals surface area contributed by atoms with Gasteiger partial charge in [0.1, 0.15) is 0 Å². The highest BCUT2D eigenvalue weighted by molar-refractivity contribution is 5.95. The number of fused-ring (bicyclic) bond motifs is 3. The number of hydrogen-bond acceptors (Lipinski definition) is 2. The second-order valence-electron chi connectivity index (χ2n) is 7.00. The van der Waals surface area contributed by atoms with E-state index in [9.17, 15) is 4.79 Å². The fraction of sp³-hybridized carbons (Fsp3) is 0.273. The minimum Gasteiger partial charge on any atom is -0.350 e. The SMILES string of the molecule is CCCC(C)NC(=O)c1ccc(-c2n[nH]c3c2Cc2ccccc2-3)cc1. The first-order valence-electron chi connectivity index (χ1n) is 9.24. The Morgan fingerprint density at radius 2 is 1.96 bits per heavy atom. The van der Waals surface area contributed by atoms with Gasteiger partial charge in [0.25, 0.3) is 5.91 Å². The van der Waals surface area contributed by atoms with Crippen LogP contribution in [-0.2, 0) is 6.42 Å². The third-order valence-electron chi connectivity index (χ3n) is 5.04. The lowest BCUT2D eigenvalue weighted by Crippen LogP contribution is -2.32. The van der Waals surface area contributed by atoms with Crippen molar-refractivity contribution >= 4 is 5.91 Å². The predicted octanol–water partition coefficient (Wildman–Crippen LogP) is 4.57. The zero-order valence-corrected chi connectivity index (χ0v) is 15.2. The molecule has 0 fully saturated rings. The van der Waals surface area contributed by atoms with Crippen molar-refractivity contribution in [2.75, 3.05) is 0 Å². The van der Waals surface area contributed by atoms with Crippen molar-refractivity contribution in [3.63, 3.8) is 0 Å². The number of nitrogens with zero attached hydrogens (tertiary/aromatic N) is 1. The highest BCUT2D eigenvalue weighted by atomic mass is 16.1. The first kappa shape index (κ1) is 16.6. The molecule has 4 nitrogen and oxygen atoms in total. The number of benzene rings is 2. The van der Waals surface area contributed by atoms with Crippen LogP contribution in [0.4, 0.5) is 0 Å². The van der Waals surface area contributed by atoms with Gasteiger partial charge in [-0.2, -0.15) is 5.10 Å². The maximum absolute atomic E-state index is 12.3. The van der Waals surface area contributed by atoms with E-state index in [2.05, 4.69) is 46.7 Å². The lowest BCUT2D eigenvalue weighted by Gasteiger charge is -2.12. The van der Waals surface area contributed by atoms with Crippen LogP contribution in [0.1, 0.15) is 48.2 Å². The van der Waals surface area contributed by atoms with Crippen LogP contribution in [-0.4, -0.2) is 22.1 Å². The predicted molar refractivity (Wildman–Crippen MR) is 104 cm³/mol. The van der Waals surface area contributed by atoms with E-state index >= 15 is 0 Å². The molecule has 1 aliphatic carbocycles. The number of aromatic nitrogens is 2. The van der Waals surface area contributed by atoms with Gasteiger partial charge in [-0.3, -0.25) is 9.89 Å². The van der Waals surface area contributed by atoms with E-state index in [1.165, 1.54) is 16.7 Å². The average Bonchev–Trinajstić information content (AvgIpc) is 3.21. The van der Waals surface area contributed by atoms with E-state index in [1.54, 1.807) is 0 Å². The maximum Gasteiger partial charge on any atom is 0.251 e. The third kappa shape index (κ3) is 2.92. The van der Waals surface area contributed by atoms with Crippen LogP contribution in [0.2, 0.25) is 0 Å². The summed E-state index contributed by atoms with van der Waals surface area (Å²) >= 11 is 0. The Bertz CT molecular complexity index is 940. The van der Waals surface area contributed by atoms with Crippen LogP contribution in [0.3, 0.4) is 0 Å². The zero-order chi connectivity index (χ0) is 18.1. The molecule has 0 aliphatic heterocycles. The highest BCUT2D eigenvalue weighted by Crippen LogP contribution is 2.39. The molecule has 4 rings (SSSR count). The number of amides is 1. The van der Waals surface area contributed by atoms with Crippen LogP contribution in [0.25, 0.3) is 22.5 Å². The summed E-state index contributed by atoms with van der Waals surface area (Å²) in [5, 5.41) is 10.8. The van der Waals surface area contributed by atoms with Crippen LogP contribution < -0.4 is 5.32 Å². The normalized spacial score (nSPS) is 13.2. The Kier molecular flexibility index (Phi) is 4.33. The molecule has 0 bridgehead atoms. The van der Waals surface area contributed by atoms with Gasteiger partial charge < -0.3 is 5.32 Å². The lowest BCUT2D eigenvalue weighted by atomic mass is 10.0. The summed E-state index contributed by atoms with van der Waals surface area (Å²) < 4.78 is 0. The Hall–Kier alpha value is -2.88. The van der Waals surface area contributed by atoms with Crippen molar-refractivity contribution in [2.45, 2.75) is 39.2 Å². The van der Waals surface area contributed by atoms with Gasteiger partial charge in [0.2, 0.25) is 0 Å². The zero-order valence-electron chi connectivity index (χ0n) is 15.2. The second kappa shape index (κ2) is 6.79. The summed E-state index contributed by atoms with van der Waals surface area (Å²) in [6.45, 7) is 4.17. The van der Waals surface area contributed by atoms with Crippen LogP contribution in [0, 0.1) is 0 Å². The van der Waals surface area contributed by atoms with Gasteiger partial charge in [-0.15, -0.1) is 0 Å². The standard InChI is InChI=1S/C22H23N3O/c1-3-6-14(2)23-22(26)16-11-9-15(10-12-16)20-19-13-17-7-4-5-8-18(17)21(19)25-24-20/h4-5,7-12,14H,3,6,13H2,1-2H3,(H,23,26)(H,24,25). The molecule has 2 aromatic carbocycles. The molecular formula is C22H23N3O. The second-order valence-corrected chi connectivity index (χ2v) is 7.00. The monoisotopic (exact) mass is 345 g/mol. The van der Waals surface area contributed by atoms with Crippen molar-refractivity contribution in [2.24, 2.45) is 0 Å². The Morgan fingerprint density at radius 3 is 2.73 bits per heavy atom. The van der Waals surface area contributed by atoms with Crippen molar-refractivity contribution in [3.8, 4) is 22.5 Å². The number of carbonyl (C=O) groups is 1. The summed E-state index contributed by atoms with van der Waals surface area (Å²) in [6, 6.07) is 16.4. The smallest absolute Gasteiger partial charge is 0.251 e. The van der Waals surface area contributed by atoms with Gasteiger partial charge in [0, 0.05) is 34.7 Å². The summed E-state index contributed by atoms with van der Waals surface area (Å²) in [6.07, 6.45) is 2.95. The number of carbonyl (C=O) groups excluding carboxylic acids is 1. The summed E-state index contributed by atoms with van der Waals surface area (Å²) in [4.78, 5) is 12.3. The minimum atomic E-state index is -0.0165. The van der Waals surface area contributed by atoms with E-state index in [-0.39, 0.29) is 11.9 Å². The molecule has 1 atom stereocenters. The van der Waals surface area contributed by atoms with Crippen LogP contribution >= 0.6 is 0 Å². The average molecular weight is 345 g/mol. The summed E-state index contributed by atoms with van der Waals surface area (Å²) in [5.41, 5.74) is 7.62. The maximum atomic E-state index is 12.3. The van der Waals surface area contributed by atoms with Gasteiger partial charge in [-0.05, 0) is 31.0 Å². The van der Waals surface area contributed by atoms with Crippen LogP contribution in [0.15, 0.2) is 48.5 Å². The Labute approximate surface area is 153 Å². The molecule has 1 aromatic heterocycles. The van der Waals surface area contributed by atoms with Gasteiger partial charge in [-0.1, -0.05) is 49.7 Å². The molecule has 1 unspecified atom stereocenters. The number of hydrogen-bond donors (Lipinski definition) is 2. The molecule has 4 heteroatoms. The molecule has 2 N–H and O–H groups in total. The van der Waals surface area contributed by atoms with Gasteiger partial charge in [0.05, 0.1) is 11.4 Å². The summed E-state index contributed by atoms with van der Waals surface area (Å²) in [5.74, 6) is -0.0165. The van der Waals surface area contributed by atoms with Gasteiger partial charge in [-0.25, -0.2) is 0 Å². The topological polar surface area (TPSA) is 57.8 Å². The largest absolute Gasteiger partial charge is 0.350 e. The Balaban J connectivity index is 1.56. The quantitative estimate of drug-likeness (QED) is 0.557. The molecule has 26 heavy (non-hydrogen) atoms. The molecule has 0 saturated heterocycles. The molecule has 1 heterocycles. The molecular weight excluding hydrogens is 322 g/mol. The van der Waals surface area contributed by atoms with E-state index < -0.39 is 0 Å². The van der Waals surface area contributed by atoms with Gasteiger partial charge in [0.15, 0.2) is 0 Å². The lowest BCUT2D eigenvalue weighted by molar-refractivity contribution is 0.0938. The Morgan fingerprint density at radius 1 is 1.19 bits per heavy atom. The molecule has 0 saturated carbocycles. The van der Waals surface area contributed by atoms with Gasteiger partial charge >= 0.3 is 0 Å². The number of rotatable bonds is 5. The van der Waals surface area contributed by atoms with E-state index in [0.717, 1.165) is 36.2 Å².